The topological polar surface area (TPSA) is 81.3 Å². The standard InChI is InChI=1S/C29H28N2O5/c1-34-26(32)29(27(33)35-2)22(20-12-15-36-18-20)16-24-28(21-10-6-7-11-23(21)30-25(28)29)13-14-31(24)17-19-8-4-3-5-9-19/h3-12,15,18,22,24H,13-14,16-17H2,1-2H3. The zero-order chi connectivity index (χ0) is 24.9. The number of hydrogen-bond donors (Lipinski definition) is 0. The van der Waals surface area contributed by atoms with Crippen LogP contribution in [-0.4, -0.2) is 49.4 Å². The van der Waals surface area contributed by atoms with E-state index in [1.54, 1.807) is 12.5 Å². The molecule has 1 aromatic heterocycles. The molecule has 2 fully saturated rings. The Balaban J connectivity index is 1.59. The van der Waals surface area contributed by atoms with Gasteiger partial charge >= 0.3 is 11.9 Å². The van der Waals surface area contributed by atoms with Gasteiger partial charge in [0, 0.05) is 25.0 Å². The van der Waals surface area contributed by atoms with Crippen LogP contribution in [-0.2, 0) is 31.0 Å². The summed E-state index contributed by atoms with van der Waals surface area (Å²) in [7, 11) is 2.63. The van der Waals surface area contributed by atoms with Crippen molar-refractivity contribution in [3.05, 3.63) is 89.9 Å². The van der Waals surface area contributed by atoms with Crippen molar-refractivity contribution in [2.24, 2.45) is 10.4 Å². The molecule has 36 heavy (non-hydrogen) atoms. The molecule has 7 nitrogen and oxygen atoms in total. The molecule has 1 spiro atoms. The van der Waals surface area contributed by atoms with Gasteiger partial charge in [0.2, 0.25) is 5.41 Å². The fourth-order valence-electron chi connectivity index (χ4n) is 6.95. The highest BCUT2D eigenvalue weighted by atomic mass is 16.5. The predicted molar refractivity (Wildman–Crippen MR) is 133 cm³/mol. The van der Waals surface area contributed by atoms with E-state index in [0.717, 1.165) is 36.3 Å². The lowest BCUT2D eigenvalue weighted by Crippen LogP contribution is -2.65. The number of nitrogens with zero attached hydrogens (tertiary/aromatic N) is 2. The van der Waals surface area contributed by atoms with Crippen LogP contribution in [0.1, 0.15) is 35.4 Å². The highest BCUT2D eigenvalue weighted by molar-refractivity contribution is 6.28. The molecule has 3 atom stereocenters. The second-order valence-corrected chi connectivity index (χ2v) is 9.81. The van der Waals surface area contributed by atoms with Gasteiger partial charge in [0.1, 0.15) is 0 Å². The van der Waals surface area contributed by atoms with E-state index in [9.17, 15) is 9.59 Å². The van der Waals surface area contributed by atoms with Gasteiger partial charge in [-0.25, -0.2) is 0 Å². The maximum Gasteiger partial charge on any atom is 0.329 e. The van der Waals surface area contributed by atoms with E-state index in [0.29, 0.717) is 12.1 Å². The van der Waals surface area contributed by atoms with E-state index < -0.39 is 28.7 Å². The normalized spacial score (nSPS) is 25.9. The Bertz CT molecular complexity index is 1320. The zero-order valence-corrected chi connectivity index (χ0v) is 20.3. The van der Waals surface area contributed by atoms with Gasteiger partial charge in [-0.15, -0.1) is 0 Å². The van der Waals surface area contributed by atoms with Crippen LogP contribution in [0.3, 0.4) is 0 Å². The molecule has 0 amide bonds. The summed E-state index contributed by atoms with van der Waals surface area (Å²) in [6.45, 7) is 1.58. The third-order valence-corrected chi connectivity index (χ3v) is 8.39. The molecule has 6 rings (SSSR count). The van der Waals surface area contributed by atoms with Crippen molar-refractivity contribution >= 4 is 23.3 Å². The molecule has 1 aliphatic carbocycles. The van der Waals surface area contributed by atoms with Crippen molar-refractivity contribution in [2.45, 2.75) is 36.8 Å². The van der Waals surface area contributed by atoms with Crippen LogP contribution in [0.15, 0.2) is 82.6 Å². The Kier molecular flexibility index (Phi) is 5.34. The molecule has 1 saturated carbocycles. The predicted octanol–water partition coefficient (Wildman–Crippen LogP) is 4.40. The highest BCUT2D eigenvalue weighted by Gasteiger charge is 2.73. The van der Waals surface area contributed by atoms with Crippen molar-refractivity contribution in [3.63, 3.8) is 0 Å². The quantitative estimate of drug-likeness (QED) is 0.395. The number of methoxy groups -OCH3 is 2. The SMILES string of the molecule is COC(=O)C1(C(=O)OC)C2=Nc3ccccc3C23CCN(Cc2ccccc2)C3CC1c1ccoc1. The Morgan fingerprint density at radius 2 is 1.75 bits per heavy atom. The summed E-state index contributed by atoms with van der Waals surface area (Å²) in [6, 6.07) is 20.2. The molecule has 3 aromatic rings. The molecule has 0 radical (unpaired) electrons. The van der Waals surface area contributed by atoms with Crippen LogP contribution in [0.4, 0.5) is 5.69 Å². The second-order valence-electron chi connectivity index (χ2n) is 9.81. The summed E-state index contributed by atoms with van der Waals surface area (Å²) < 4.78 is 16.1. The number of fused-ring (bicyclic) bond motifs is 1. The maximum atomic E-state index is 13.8. The highest BCUT2D eigenvalue weighted by Crippen LogP contribution is 2.63. The smallest absolute Gasteiger partial charge is 0.329 e. The van der Waals surface area contributed by atoms with Crippen molar-refractivity contribution in [1.82, 2.24) is 4.90 Å². The summed E-state index contributed by atoms with van der Waals surface area (Å²) in [5.74, 6) is -1.85. The van der Waals surface area contributed by atoms with Crippen molar-refractivity contribution < 1.29 is 23.5 Å². The van der Waals surface area contributed by atoms with Gasteiger partial charge in [-0.1, -0.05) is 48.5 Å². The number of benzene rings is 2. The fraction of sp³-hybridized carbons (Fsp3) is 0.345. The Hall–Kier alpha value is -3.71. The summed E-state index contributed by atoms with van der Waals surface area (Å²) in [6.07, 6.45) is 4.47. The number of carbonyl (C=O) groups is 2. The van der Waals surface area contributed by atoms with Gasteiger partial charge in [0.05, 0.1) is 43.6 Å². The zero-order valence-electron chi connectivity index (χ0n) is 20.3. The van der Waals surface area contributed by atoms with E-state index in [2.05, 4.69) is 23.1 Å². The number of likely N-dealkylation sites (tertiary alicyclic amines) is 1. The minimum Gasteiger partial charge on any atom is -0.472 e. The molecule has 2 aromatic carbocycles. The average molecular weight is 485 g/mol. The molecule has 7 heteroatoms. The first kappa shape index (κ1) is 22.7. The van der Waals surface area contributed by atoms with Gasteiger partial charge < -0.3 is 13.9 Å². The van der Waals surface area contributed by atoms with Crippen LogP contribution in [0, 0.1) is 5.41 Å². The molecular weight excluding hydrogens is 456 g/mol. The summed E-state index contributed by atoms with van der Waals surface area (Å²) in [4.78, 5) is 35.1. The molecule has 0 N–H and O–H groups in total. The number of hydrogen-bond acceptors (Lipinski definition) is 7. The lowest BCUT2D eigenvalue weighted by atomic mass is 9.51. The molecule has 3 heterocycles. The molecule has 3 unspecified atom stereocenters. The lowest BCUT2D eigenvalue weighted by molar-refractivity contribution is -0.166. The second kappa shape index (κ2) is 8.45. The minimum atomic E-state index is -1.72. The van der Waals surface area contributed by atoms with E-state index in [4.69, 9.17) is 18.9 Å². The average Bonchev–Trinajstić information content (AvgIpc) is 3.65. The van der Waals surface area contributed by atoms with Crippen LogP contribution < -0.4 is 0 Å². The van der Waals surface area contributed by atoms with Crippen molar-refractivity contribution in [1.29, 1.82) is 0 Å². The number of aliphatic imine (C=N–C) groups is 1. The monoisotopic (exact) mass is 484 g/mol. The van der Waals surface area contributed by atoms with E-state index >= 15 is 0 Å². The summed E-state index contributed by atoms with van der Waals surface area (Å²) in [5, 5.41) is 0. The Labute approximate surface area is 209 Å². The van der Waals surface area contributed by atoms with Gasteiger partial charge in [-0.3, -0.25) is 19.5 Å². The van der Waals surface area contributed by atoms with E-state index in [1.165, 1.54) is 19.8 Å². The van der Waals surface area contributed by atoms with Gasteiger partial charge in [-0.2, -0.15) is 0 Å². The number of furan rings is 1. The Morgan fingerprint density at radius 1 is 1.03 bits per heavy atom. The number of ether oxygens (including phenoxy) is 2. The molecular formula is C29H28N2O5. The van der Waals surface area contributed by atoms with Crippen LogP contribution >= 0.6 is 0 Å². The maximum absolute atomic E-state index is 13.8. The van der Waals surface area contributed by atoms with Gasteiger partial charge in [-0.05, 0) is 41.7 Å². The third kappa shape index (κ3) is 2.92. The summed E-state index contributed by atoms with van der Waals surface area (Å²) >= 11 is 0. The molecule has 184 valence electrons. The number of para-hydroxylation sites is 1. The molecule has 3 aliphatic rings. The van der Waals surface area contributed by atoms with E-state index in [-0.39, 0.29) is 6.04 Å². The first-order chi connectivity index (χ1) is 17.6. The van der Waals surface area contributed by atoms with Gasteiger partial charge in [0.25, 0.3) is 0 Å². The van der Waals surface area contributed by atoms with Crippen molar-refractivity contribution in [2.75, 3.05) is 20.8 Å². The number of rotatable bonds is 5. The van der Waals surface area contributed by atoms with Crippen LogP contribution in [0.5, 0.6) is 0 Å². The third-order valence-electron chi connectivity index (χ3n) is 8.39. The van der Waals surface area contributed by atoms with Crippen molar-refractivity contribution in [3.8, 4) is 0 Å². The number of esters is 2. The van der Waals surface area contributed by atoms with E-state index in [1.807, 2.05) is 42.5 Å². The number of carbonyl (C=O) groups excluding carboxylic acids is 2. The first-order valence-corrected chi connectivity index (χ1v) is 12.2. The minimum absolute atomic E-state index is 0.0162. The first-order valence-electron chi connectivity index (χ1n) is 12.2. The lowest BCUT2D eigenvalue weighted by Gasteiger charge is -2.51. The largest absolute Gasteiger partial charge is 0.472 e. The molecule has 2 aliphatic heterocycles. The molecule has 0 bridgehead atoms. The molecule has 1 saturated heterocycles. The fourth-order valence-corrected chi connectivity index (χ4v) is 6.95. The Morgan fingerprint density at radius 3 is 2.44 bits per heavy atom. The van der Waals surface area contributed by atoms with Crippen LogP contribution in [0.25, 0.3) is 0 Å². The summed E-state index contributed by atoms with van der Waals surface area (Å²) in [5.41, 5.74) is 2.04. The van der Waals surface area contributed by atoms with Crippen LogP contribution in [0.2, 0.25) is 0 Å². The van der Waals surface area contributed by atoms with Gasteiger partial charge in [0.15, 0.2) is 0 Å².